The molecule has 3 nitrogen and oxygen atoms in total. The second-order valence-corrected chi connectivity index (χ2v) is 12.1. The number of ether oxygens (including phenoxy) is 1. The van der Waals surface area contributed by atoms with E-state index in [-0.39, 0.29) is 12.2 Å². The summed E-state index contributed by atoms with van der Waals surface area (Å²) < 4.78 is 5.95. The van der Waals surface area contributed by atoms with Crippen molar-refractivity contribution < 1.29 is 14.9 Å². The standard InChI is InChI=1S/C29H46O3/c1-20(8-5-15-28(2,3)31)24-13-14-25-22(9-6-16-29(24,25)4)12-11-21-18-26(30)23-10-7-17-32-27(23)19-21/h10-12,20,24-27,30-31H,5-9,13-19H2,1-4H3/b21-11+,22-12+/t20-,24?,25?,26-,27-,29-/m1/s1. The van der Waals surface area contributed by atoms with E-state index in [1.165, 1.54) is 44.1 Å². The smallest absolute Gasteiger partial charge is 0.0847 e. The van der Waals surface area contributed by atoms with E-state index in [9.17, 15) is 10.2 Å². The van der Waals surface area contributed by atoms with Crippen LogP contribution in [0.15, 0.2) is 34.9 Å². The van der Waals surface area contributed by atoms with Crippen molar-refractivity contribution in [3.05, 3.63) is 34.9 Å². The Morgan fingerprint density at radius 3 is 2.84 bits per heavy atom. The van der Waals surface area contributed by atoms with Crippen molar-refractivity contribution in [1.29, 1.82) is 0 Å². The summed E-state index contributed by atoms with van der Waals surface area (Å²) in [5, 5.41) is 20.7. The highest BCUT2D eigenvalue weighted by atomic mass is 16.5. The first-order valence-electron chi connectivity index (χ1n) is 13.3. The van der Waals surface area contributed by atoms with Gasteiger partial charge in [-0.2, -0.15) is 0 Å². The molecule has 180 valence electrons. The molecule has 3 heteroatoms. The zero-order valence-corrected chi connectivity index (χ0v) is 20.9. The van der Waals surface area contributed by atoms with Crippen LogP contribution in [0.1, 0.15) is 98.3 Å². The molecule has 6 atom stereocenters. The van der Waals surface area contributed by atoms with E-state index >= 15 is 0 Å². The van der Waals surface area contributed by atoms with Crippen molar-refractivity contribution in [1.82, 2.24) is 0 Å². The summed E-state index contributed by atoms with van der Waals surface area (Å²) in [6.45, 7) is 9.67. The lowest BCUT2D eigenvalue weighted by atomic mass is 9.60. The number of allylic oxidation sites excluding steroid dienone is 3. The van der Waals surface area contributed by atoms with E-state index < -0.39 is 5.60 Å². The number of hydrogen-bond donors (Lipinski definition) is 2. The molecule has 0 spiro atoms. The summed E-state index contributed by atoms with van der Waals surface area (Å²) in [6, 6.07) is 0. The number of rotatable bonds is 6. The Kier molecular flexibility index (Phi) is 7.39. The lowest BCUT2D eigenvalue weighted by molar-refractivity contribution is 0.0368. The minimum atomic E-state index is -0.540. The van der Waals surface area contributed by atoms with Crippen molar-refractivity contribution in [2.45, 2.75) is 116 Å². The number of fused-ring (bicyclic) bond motifs is 2. The Balaban J connectivity index is 1.42. The average Bonchev–Trinajstić information content (AvgIpc) is 3.09. The lowest BCUT2D eigenvalue weighted by Gasteiger charge is -2.44. The fraction of sp³-hybridized carbons (Fsp3) is 0.793. The Labute approximate surface area is 196 Å². The molecule has 0 aromatic heterocycles. The zero-order chi connectivity index (χ0) is 22.9. The molecule has 0 radical (unpaired) electrons. The Hall–Kier alpha value is -0.900. The van der Waals surface area contributed by atoms with Gasteiger partial charge in [0.25, 0.3) is 0 Å². The van der Waals surface area contributed by atoms with E-state index in [0.717, 1.165) is 56.1 Å². The summed E-state index contributed by atoms with van der Waals surface area (Å²) in [6.07, 6.45) is 19.1. The summed E-state index contributed by atoms with van der Waals surface area (Å²) in [5.74, 6) is 2.24. The summed E-state index contributed by atoms with van der Waals surface area (Å²) in [7, 11) is 0. The minimum Gasteiger partial charge on any atom is -0.390 e. The topological polar surface area (TPSA) is 49.7 Å². The second-order valence-electron chi connectivity index (χ2n) is 12.1. The van der Waals surface area contributed by atoms with Crippen molar-refractivity contribution in [3.8, 4) is 0 Å². The molecule has 2 unspecified atom stereocenters. The fourth-order valence-corrected chi connectivity index (χ4v) is 7.51. The third-order valence-corrected chi connectivity index (χ3v) is 9.18. The van der Waals surface area contributed by atoms with E-state index in [2.05, 4.69) is 32.1 Å². The second kappa shape index (κ2) is 9.76. The highest BCUT2D eigenvalue weighted by molar-refractivity contribution is 5.31. The number of hydrogen-bond acceptors (Lipinski definition) is 3. The van der Waals surface area contributed by atoms with Gasteiger partial charge in [-0.05, 0) is 100 Å². The Bertz CT molecular complexity index is 755. The lowest BCUT2D eigenvalue weighted by Crippen LogP contribution is -2.36. The molecule has 3 saturated carbocycles. The highest BCUT2D eigenvalue weighted by Crippen LogP contribution is 2.60. The van der Waals surface area contributed by atoms with Crippen LogP contribution in [0.25, 0.3) is 0 Å². The predicted molar refractivity (Wildman–Crippen MR) is 131 cm³/mol. The van der Waals surface area contributed by atoms with E-state index in [1.54, 1.807) is 5.57 Å². The van der Waals surface area contributed by atoms with Crippen LogP contribution in [-0.4, -0.2) is 34.6 Å². The first-order valence-corrected chi connectivity index (χ1v) is 13.3. The monoisotopic (exact) mass is 442 g/mol. The maximum atomic E-state index is 10.6. The van der Waals surface area contributed by atoms with Gasteiger partial charge in [-0.1, -0.05) is 56.1 Å². The quantitative estimate of drug-likeness (QED) is 0.461. The van der Waals surface area contributed by atoms with Gasteiger partial charge in [0, 0.05) is 0 Å². The molecular formula is C29H46O3. The van der Waals surface area contributed by atoms with Crippen LogP contribution >= 0.6 is 0 Å². The van der Waals surface area contributed by atoms with Crippen molar-refractivity contribution in [2.24, 2.45) is 23.2 Å². The summed E-state index contributed by atoms with van der Waals surface area (Å²) >= 11 is 0. The van der Waals surface area contributed by atoms with E-state index in [0.29, 0.717) is 11.3 Å². The third-order valence-electron chi connectivity index (χ3n) is 9.18. The molecule has 2 N–H and O–H groups in total. The first kappa shape index (κ1) is 24.2. The Morgan fingerprint density at radius 1 is 1.25 bits per heavy atom. The van der Waals surface area contributed by atoms with Crippen LogP contribution in [0.4, 0.5) is 0 Å². The highest BCUT2D eigenvalue weighted by Gasteiger charge is 2.50. The SMILES string of the molecule is C[C@H](CCCC(C)(C)O)C1CCC2/C(=C/C=C3\C[C@@H](O)C4=CCCO[C@@H]4C3)CCC[C@@]21C. The molecule has 0 aromatic carbocycles. The molecule has 0 saturated heterocycles. The fourth-order valence-electron chi connectivity index (χ4n) is 7.51. The molecule has 4 rings (SSSR count). The maximum absolute atomic E-state index is 10.6. The molecule has 0 aromatic rings. The van der Waals surface area contributed by atoms with Crippen LogP contribution in [0.5, 0.6) is 0 Å². The molecule has 0 amide bonds. The minimum absolute atomic E-state index is 0.0920. The molecule has 1 heterocycles. The molecule has 0 bridgehead atoms. The van der Waals surface area contributed by atoms with Crippen LogP contribution in [0, 0.1) is 23.2 Å². The van der Waals surface area contributed by atoms with Crippen molar-refractivity contribution in [2.75, 3.05) is 6.61 Å². The van der Waals surface area contributed by atoms with Gasteiger partial charge in [-0.3, -0.25) is 0 Å². The summed E-state index contributed by atoms with van der Waals surface area (Å²) in [4.78, 5) is 0. The van der Waals surface area contributed by atoms with Gasteiger partial charge in [-0.15, -0.1) is 0 Å². The molecule has 1 aliphatic heterocycles. The third kappa shape index (κ3) is 5.26. The van der Waals surface area contributed by atoms with Gasteiger partial charge < -0.3 is 14.9 Å². The number of aliphatic hydroxyl groups excluding tert-OH is 1. The van der Waals surface area contributed by atoms with Gasteiger partial charge in [0.1, 0.15) is 0 Å². The summed E-state index contributed by atoms with van der Waals surface area (Å²) in [5.41, 5.74) is 3.99. The van der Waals surface area contributed by atoms with Crippen molar-refractivity contribution >= 4 is 0 Å². The first-order chi connectivity index (χ1) is 15.2. The van der Waals surface area contributed by atoms with Gasteiger partial charge >= 0.3 is 0 Å². The van der Waals surface area contributed by atoms with Gasteiger partial charge in [0.2, 0.25) is 0 Å². The molecular weight excluding hydrogens is 396 g/mol. The molecule has 32 heavy (non-hydrogen) atoms. The van der Waals surface area contributed by atoms with Crippen LogP contribution < -0.4 is 0 Å². The molecule has 3 aliphatic carbocycles. The maximum Gasteiger partial charge on any atom is 0.0847 e. The molecule has 4 aliphatic rings. The van der Waals surface area contributed by atoms with Crippen molar-refractivity contribution in [3.63, 3.8) is 0 Å². The largest absolute Gasteiger partial charge is 0.390 e. The zero-order valence-electron chi connectivity index (χ0n) is 20.9. The van der Waals surface area contributed by atoms with Gasteiger partial charge in [0.15, 0.2) is 0 Å². The average molecular weight is 443 g/mol. The van der Waals surface area contributed by atoms with Crippen LogP contribution in [0.3, 0.4) is 0 Å². The Morgan fingerprint density at radius 2 is 2.06 bits per heavy atom. The van der Waals surface area contributed by atoms with Gasteiger partial charge in [-0.25, -0.2) is 0 Å². The van der Waals surface area contributed by atoms with Gasteiger partial charge in [0.05, 0.1) is 24.4 Å². The van der Waals surface area contributed by atoms with Crippen LogP contribution in [0.2, 0.25) is 0 Å². The molecule has 3 fully saturated rings. The number of aliphatic hydroxyl groups is 2. The normalized spacial score (nSPS) is 39.0. The van der Waals surface area contributed by atoms with E-state index in [1.807, 2.05) is 13.8 Å². The van der Waals surface area contributed by atoms with E-state index in [4.69, 9.17) is 4.74 Å². The predicted octanol–water partition coefficient (Wildman–Crippen LogP) is 6.50. The van der Waals surface area contributed by atoms with Crippen LogP contribution in [-0.2, 0) is 4.74 Å².